The highest BCUT2D eigenvalue weighted by atomic mass is 16.6. The standard InChI is InChI=1S/C21H46N2O6/c1-15(22)8-24-11-18(4)28-20(6)13-26-10-17(3)27-14-21(7)29-19(5)12-25-9-16(2)23/h15-21H,8-14,22-23H2,1-7H3. The van der Waals surface area contributed by atoms with Crippen molar-refractivity contribution in [3.63, 3.8) is 0 Å². The summed E-state index contributed by atoms with van der Waals surface area (Å²) in [4.78, 5) is 0. The number of ether oxygens (including phenoxy) is 6. The van der Waals surface area contributed by atoms with E-state index in [9.17, 15) is 0 Å². The van der Waals surface area contributed by atoms with E-state index in [-0.39, 0.29) is 42.6 Å². The maximum absolute atomic E-state index is 5.84. The number of hydrogen-bond donors (Lipinski definition) is 2. The Kier molecular flexibility index (Phi) is 17.2. The van der Waals surface area contributed by atoms with Crippen molar-refractivity contribution in [3.8, 4) is 0 Å². The van der Waals surface area contributed by atoms with Crippen LogP contribution in [-0.4, -0.2) is 88.9 Å². The summed E-state index contributed by atoms with van der Waals surface area (Å²) < 4.78 is 34.1. The molecule has 29 heavy (non-hydrogen) atoms. The van der Waals surface area contributed by atoms with Crippen LogP contribution in [0.1, 0.15) is 48.5 Å². The van der Waals surface area contributed by atoms with E-state index in [0.29, 0.717) is 46.2 Å². The third-order valence-electron chi connectivity index (χ3n) is 3.72. The molecule has 0 heterocycles. The molecule has 8 nitrogen and oxygen atoms in total. The lowest BCUT2D eigenvalue weighted by Crippen LogP contribution is -2.31. The summed E-state index contributed by atoms with van der Waals surface area (Å²) in [6, 6.07) is 0.0718. The second kappa shape index (κ2) is 17.4. The third-order valence-corrected chi connectivity index (χ3v) is 3.72. The molecular formula is C21H46N2O6. The lowest BCUT2D eigenvalue weighted by molar-refractivity contribution is -0.104. The zero-order valence-corrected chi connectivity index (χ0v) is 19.6. The molecule has 0 aromatic carbocycles. The van der Waals surface area contributed by atoms with E-state index in [4.69, 9.17) is 39.9 Å². The van der Waals surface area contributed by atoms with Crippen LogP contribution in [0.3, 0.4) is 0 Å². The molecule has 0 fully saturated rings. The van der Waals surface area contributed by atoms with E-state index < -0.39 is 0 Å². The molecule has 0 aliphatic carbocycles. The molecule has 0 amide bonds. The Balaban J connectivity index is 3.75. The Morgan fingerprint density at radius 1 is 0.448 bits per heavy atom. The first-order chi connectivity index (χ1) is 13.6. The minimum Gasteiger partial charge on any atom is -0.377 e. The molecule has 7 unspecified atom stereocenters. The first kappa shape index (κ1) is 28.7. The molecule has 0 bridgehead atoms. The van der Waals surface area contributed by atoms with Gasteiger partial charge in [-0.1, -0.05) is 0 Å². The normalized spacial score (nSPS) is 19.3. The van der Waals surface area contributed by atoms with E-state index in [1.807, 2.05) is 48.5 Å². The van der Waals surface area contributed by atoms with Gasteiger partial charge in [-0.25, -0.2) is 0 Å². The molecule has 0 aliphatic rings. The Bertz CT molecular complexity index is 373. The maximum atomic E-state index is 5.84. The van der Waals surface area contributed by atoms with Crippen molar-refractivity contribution in [2.75, 3.05) is 46.2 Å². The van der Waals surface area contributed by atoms with Gasteiger partial charge in [0.15, 0.2) is 0 Å². The van der Waals surface area contributed by atoms with Crippen LogP contribution in [0.2, 0.25) is 0 Å². The molecule has 8 heteroatoms. The van der Waals surface area contributed by atoms with Crippen molar-refractivity contribution in [1.29, 1.82) is 0 Å². The van der Waals surface area contributed by atoms with Crippen molar-refractivity contribution in [2.45, 2.75) is 91.1 Å². The van der Waals surface area contributed by atoms with Crippen molar-refractivity contribution in [1.82, 2.24) is 0 Å². The van der Waals surface area contributed by atoms with Gasteiger partial charge in [0.25, 0.3) is 0 Å². The molecule has 4 N–H and O–H groups in total. The fourth-order valence-electron chi connectivity index (χ4n) is 2.54. The fraction of sp³-hybridized carbons (Fsp3) is 1.00. The summed E-state index contributed by atoms with van der Waals surface area (Å²) in [5.74, 6) is 0. The maximum Gasteiger partial charge on any atom is 0.0785 e. The average molecular weight is 423 g/mol. The first-order valence-corrected chi connectivity index (χ1v) is 10.8. The van der Waals surface area contributed by atoms with E-state index in [1.54, 1.807) is 0 Å². The highest BCUT2D eigenvalue weighted by molar-refractivity contribution is 4.59. The zero-order valence-electron chi connectivity index (χ0n) is 19.6. The average Bonchev–Trinajstić information content (AvgIpc) is 2.59. The van der Waals surface area contributed by atoms with Crippen molar-refractivity contribution >= 4 is 0 Å². The number of nitrogens with two attached hydrogens (primary N) is 2. The van der Waals surface area contributed by atoms with Gasteiger partial charge < -0.3 is 39.9 Å². The van der Waals surface area contributed by atoms with Crippen LogP contribution in [0.15, 0.2) is 0 Å². The lowest BCUT2D eigenvalue weighted by atomic mass is 10.3. The molecule has 0 rings (SSSR count). The van der Waals surface area contributed by atoms with Crippen molar-refractivity contribution < 1.29 is 28.4 Å². The van der Waals surface area contributed by atoms with Gasteiger partial charge in [-0.05, 0) is 48.5 Å². The van der Waals surface area contributed by atoms with Gasteiger partial charge in [0.05, 0.1) is 76.8 Å². The summed E-state index contributed by atoms with van der Waals surface area (Å²) in [6.07, 6.45) is -0.0696. The molecule has 0 spiro atoms. The number of hydrogen-bond acceptors (Lipinski definition) is 8. The molecule has 0 aliphatic heterocycles. The van der Waals surface area contributed by atoms with Gasteiger partial charge in [-0.15, -0.1) is 0 Å². The molecule has 0 saturated carbocycles. The second-order valence-electron chi connectivity index (χ2n) is 8.23. The second-order valence-corrected chi connectivity index (χ2v) is 8.23. The van der Waals surface area contributed by atoms with Gasteiger partial charge in [0.1, 0.15) is 0 Å². The van der Waals surface area contributed by atoms with E-state index in [0.717, 1.165) is 0 Å². The Hall–Kier alpha value is -0.320. The SMILES string of the molecule is CC(N)COCC(C)OC(C)COCC(C)OCC(C)OC(C)COCC(C)N. The van der Waals surface area contributed by atoms with Crippen molar-refractivity contribution in [2.24, 2.45) is 11.5 Å². The summed E-state index contributed by atoms with van der Waals surface area (Å²) in [6.45, 7) is 17.4. The van der Waals surface area contributed by atoms with Crippen LogP contribution in [0.25, 0.3) is 0 Å². The van der Waals surface area contributed by atoms with Crippen LogP contribution in [0, 0.1) is 0 Å². The molecule has 0 saturated heterocycles. The van der Waals surface area contributed by atoms with Crippen molar-refractivity contribution in [3.05, 3.63) is 0 Å². The Morgan fingerprint density at radius 3 is 1.14 bits per heavy atom. The highest BCUT2D eigenvalue weighted by Gasteiger charge is 2.13. The largest absolute Gasteiger partial charge is 0.377 e. The van der Waals surface area contributed by atoms with Crippen LogP contribution in [-0.2, 0) is 28.4 Å². The van der Waals surface area contributed by atoms with Gasteiger partial charge in [-0.2, -0.15) is 0 Å². The molecule has 0 aromatic heterocycles. The molecule has 7 atom stereocenters. The third kappa shape index (κ3) is 19.4. The topological polar surface area (TPSA) is 107 Å². The Morgan fingerprint density at radius 2 is 0.759 bits per heavy atom. The summed E-state index contributed by atoms with van der Waals surface area (Å²) in [5.41, 5.74) is 11.3. The summed E-state index contributed by atoms with van der Waals surface area (Å²) >= 11 is 0. The zero-order chi connectivity index (χ0) is 22.2. The van der Waals surface area contributed by atoms with Gasteiger partial charge in [-0.3, -0.25) is 0 Å². The van der Waals surface area contributed by atoms with Crippen LogP contribution in [0.5, 0.6) is 0 Å². The minimum atomic E-state index is -0.0234. The van der Waals surface area contributed by atoms with Gasteiger partial charge in [0, 0.05) is 12.1 Å². The first-order valence-electron chi connectivity index (χ1n) is 10.8. The van der Waals surface area contributed by atoms with Crippen LogP contribution < -0.4 is 11.5 Å². The monoisotopic (exact) mass is 422 g/mol. The predicted molar refractivity (Wildman–Crippen MR) is 115 cm³/mol. The quantitative estimate of drug-likeness (QED) is 0.324. The summed E-state index contributed by atoms with van der Waals surface area (Å²) in [5, 5.41) is 0. The minimum absolute atomic E-state index is 0.00180. The van der Waals surface area contributed by atoms with E-state index >= 15 is 0 Å². The smallest absolute Gasteiger partial charge is 0.0785 e. The van der Waals surface area contributed by atoms with E-state index in [1.165, 1.54) is 0 Å². The van der Waals surface area contributed by atoms with Gasteiger partial charge in [0.2, 0.25) is 0 Å². The van der Waals surface area contributed by atoms with Crippen LogP contribution in [0.4, 0.5) is 0 Å². The molecule has 0 aromatic rings. The Labute approximate surface area is 177 Å². The summed E-state index contributed by atoms with van der Waals surface area (Å²) in [7, 11) is 0. The predicted octanol–water partition coefficient (Wildman–Crippen LogP) is 1.72. The number of rotatable bonds is 19. The molecule has 176 valence electrons. The van der Waals surface area contributed by atoms with Crippen LogP contribution >= 0.6 is 0 Å². The lowest BCUT2D eigenvalue weighted by Gasteiger charge is -2.23. The molecular weight excluding hydrogens is 376 g/mol. The highest BCUT2D eigenvalue weighted by Crippen LogP contribution is 2.04. The molecule has 0 radical (unpaired) electrons. The fourth-order valence-corrected chi connectivity index (χ4v) is 2.54. The van der Waals surface area contributed by atoms with Gasteiger partial charge >= 0.3 is 0 Å². The van der Waals surface area contributed by atoms with E-state index in [2.05, 4.69) is 0 Å².